The number of thiazole rings is 1. The lowest BCUT2D eigenvalue weighted by molar-refractivity contribution is 0.937. The number of aryl methyl sites for hydroxylation is 1. The molecular formula is C12H14N2S. The van der Waals surface area contributed by atoms with Crippen molar-refractivity contribution in [3.63, 3.8) is 0 Å². The van der Waals surface area contributed by atoms with Crippen molar-refractivity contribution in [1.29, 1.82) is 0 Å². The quantitative estimate of drug-likeness (QED) is 0.860. The van der Waals surface area contributed by atoms with Crippen molar-refractivity contribution in [1.82, 2.24) is 4.98 Å². The summed E-state index contributed by atoms with van der Waals surface area (Å²) < 4.78 is 0. The lowest BCUT2D eigenvalue weighted by atomic mass is 10.1. The van der Waals surface area contributed by atoms with Crippen molar-refractivity contribution < 1.29 is 0 Å². The molecule has 0 spiro atoms. The minimum atomic E-state index is 0.655. The van der Waals surface area contributed by atoms with Gasteiger partial charge in [0.05, 0.1) is 16.1 Å². The van der Waals surface area contributed by atoms with Crippen LogP contribution in [0.15, 0.2) is 29.8 Å². The summed E-state index contributed by atoms with van der Waals surface area (Å²) >= 11 is 1.69. The van der Waals surface area contributed by atoms with Gasteiger partial charge in [-0.05, 0) is 24.6 Å². The molecule has 1 aromatic heterocycles. The van der Waals surface area contributed by atoms with Gasteiger partial charge in [-0.2, -0.15) is 0 Å². The molecule has 0 amide bonds. The van der Waals surface area contributed by atoms with Crippen molar-refractivity contribution in [3.8, 4) is 10.4 Å². The van der Waals surface area contributed by atoms with E-state index in [9.17, 15) is 0 Å². The fraction of sp³-hybridized carbons (Fsp3) is 0.250. The fourth-order valence-corrected chi connectivity index (χ4v) is 2.56. The summed E-state index contributed by atoms with van der Waals surface area (Å²) in [6.07, 6.45) is 0.854. The summed E-state index contributed by atoms with van der Waals surface area (Å²) in [5, 5.41) is 0. The Hall–Kier alpha value is -1.19. The van der Waals surface area contributed by atoms with E-state index in [2.05, 4.69) is 36.2 Å². The summed E-state index contributed by atoms with van der Waals surface area (Å²) in [4.78, 5) is 5.62. The van der Waals surface area contributed by atoms with Crippen molar-refractivity contribution in [2.24, 2.45) is 5.73 Å². The molecule has 0 saturated carbocycles. The molecule has 0 aliphatic rings. The van der Waals surface area contributed by atoms with Gasteiger partial charge in [0.2, 0.25) is 0 Å². The molecule has 2 rings (SSSR count). The zero-order valence-corrected chi connectivity index (χ0v) is 9.55. The van der Waals surface area contributed by atoms with Crippen LogP contribution in [0, 0.1) is 6.92 Å². The molecule has 1 heterocycles. The maximum absolute atomic E-state index is 5.57. The molecule has 3 heteroatoms. The molecule has 0 fully saturated rings. The number of benzene rings is 1. The van der Waals surface area contributed by atoms with Crippen molar-refractivity contribution in [3.05, 3.63) is 41.0 Å². The Kier molecular flexibility index (Phi) is 3.14. The molecule has 1 aromatic carbocycles. The highest BCUT2D eigenvalue weighted by molar-refractivity contribution is 7.13. The minimum absolute atomic E-state index is 0.655. The molecule has 0 bridgehead atoms. The Bertz CT molecular complexity index is 448. The highest BCUT2D eigenvalue weighted by Gasteiger charge is 2.09. The summed E-state index contributed by atoms with van der Waals surface area (Å²) in [5.74, 6) is 0. The van der Waals surface area contributed by atoms with Gasteiger partial charge < -0.3 is 5.73 Å². The van der Waals surface area contributed by atoms with Crippen LogP contribution in [-0.2, 0) is 6.42 Å². The smallest absolute Gasteiger partial charge is 0.0801 e. The molecule has 2 N–H and O–H groups in total. The normalized spacial score (nSPS) is 10.5. The van der Waals surface area contributed by atoms with E-state index in [0.717, 1.165) is 12.1 Å². The van der Waals surface area contributed by atoms with Crippen LogP contribution in [0.3, 0.4) is 0 Å². The third-order valence-corrected chi connectivity index (χ3v) is 3.31. The summed E-state index contributed by atoms with van der Waals surface area (Å²) in [6.45, 7) is 2.78. The number of hydrogen-bond donors (Lipinski definition) is 1. The van der Waals surface area contributed by atoms with E-state index in [4.69, 9.17) is 5.73 Å². The van der Waals surface area contributed by atoms with Gasteiger partial charge in [-0.25, -0.2) is 4.98 Å². The zero-order valence-electron chi connectivity index (χ0n) is 8.73. The lowest BCUT2D eigenvalue weighted by Gasteiger charge is -2.04. The standard InChI is InChI=1S/C12H14N2S/c1-9-4-2-3-5-10(9)12-11(6-7-13)14-8-15-12/h2-5,8H,6-7,13H2,1H3. The third kappa shape index (κ3) is 2.08. The second kappa shape index (κ2) is 4.55. The van der Waals surface area contributed by atoms with Crippen LogP contribution in [0.25, 0.3) is 10.4 Å². The maximum atomic E-state index is 5.57. The first-order chi connectivity index (χ1) is 7.33. The van der Waals surface area contributed by atoms with E-state index >= 15 is 0 Å². The van der Waals surface area contributed by atoms with Crippen molar-refractivity contribution in [2.75, 3.05) is 6.54 Å². The highest BCUT2D eigenvalue weighted by atomic mass is 32.1. The van der Waals surface area contributed by atoms with Gasteiger partial charge in [0.25, 0.3) is 0 Å². The first-order valence-electron chi connectivity index (χ1n) is 5.01. The molecule has 78 valence electrons. The molecule has 15 heavy (non-hydrogen) atoms. The predicted octanol–water partition coefficient (Wildman–Crippen LogP) is 2.62. The van der Waals surface area contributed by atoms with Crippen LogP contribution >= 0.6 is 11.3 Å². The summed E-state index contributed by atoms with van der Waals surface area (Å²) in [7, 11) is 0. The maximum Gasteiger partial charge on any atom is 0.0801 e. The van der Waals surface area contributed by atoms with Crippen LogP contribution in [-0.4, -0.2) is 11.5 Å². The fourth-order valence-electron chi connectivity index (χ4n) is 1.63. The number of hydrogen-bond acceptors (Lipinski definition) is 3. The first-order valence-corrected chi connectivity index (χ1v) is 5.89. The topological polar surface area (TPSA) is 38.9 Å². The highest BCUT2D eigenvalue weighted by Crippen LogP contribution is 2.30. The van der Waals surface area contributed by atoms with Crippen LogP contribution in [0.4, 0.5) is 0 Å². The summed E-state index contributed by atoms with van der Waals surface area (Å²) in [6, 6.07) is 8.39. The van der Waals surface area contributed by atoms with Gasteiger partial charge in [0, 0.05) is 6.42 Å². The Morgan fingerprint density at radius 2 is 2.13 bits per heavy atom. The Morgan fingerprint density at radius 3 is 2.87 bits per heavy atom. The monoisotopic (exact) mass is 218 g/mol. The third-order valence-electron chi connectivity index (χ3n) is 2.41. The van der Waals surface area contributed by atoms with Gasteiger partial charge >= 0.3 is 0 Å². The average Bonchev–Trinajstić information content (AvgIpc) is 2.67. The van der Waals surface area contributed by atoms with E-state index < -0.39 is 0 Å². The number of nitrogens with two attached hydrogens (primary N) is 1. The molecule has 0 aliphatic heterocycles. The second-order valence-corrected chi connectivity index (χ2v) is 4.34. The van der Waals surface area contributed by atoms with E-state index in [-0.39, 0.29) is 0 Å². The average molecular weight is 218 g/mol. The van der Waals surface area contributed by atoms with Crippen LogP contribution < -0.4 is 5.73 Å². The van der Waals surface area contributed by atoms with E-state index in [1.165, 1.54) is 16.0 Å². The van der Waals surface area contributed by atoms with Gasteiger partial charge in [-0.3, -0.25) is 0 Å². The molecule has 2 nitrogen and oxygen atoms in total. The Morgan fingerprint density at radius 1 is 1.33 bits per heavy atom. The number of rotatable bonds is 3. The molecule has 0 aliphatic carbocycles. The Labute approximate surface area is 93.8 Å². The molecular weight excluding hydrogens is 204 g/mol. The van der Waals surface area contributed by atoms with E-state index in [1.54, 1.807) is 11.3 Å². The molecule has 0 unspecified atom stereocenters. The van der Waals surface area contributed by atoms with Crippen molar-refractivity contribution in [2.45, 2.75) is 13.3 Å². The molecule has 0 radical (unpaired) electrons. The predicted molar refractivity (Wildman–Crippen MR) is 65.0 cm³/mol. The molecule has 0 atom stereocenters. The molecule has 2 aromatic rings. The van der Waals surface area contributed by atoms with Gasteiger partial charge in [-0.15, -0.1) is 11.3 Å². The van der Waals surface area contributed by atoms with Gasteiger partial charge in [-0.1, -0.05) is 24.3 Å². The van der Waals surface area contributed by atoms with Crippen molar-refractivity contribution >= 4 is 11.3 Å². The second-order valence-electron chi connectivity index (χ2n) is 3.48. The van der Waals surface area contributed by atoms with Crippen LogP contribution in [0.1, 0.15) is 11.3 Å². The summed E-state index contributed by atoms with van der Waals surface area (Å²) in [5.41, 5.74) is 11.2. The Balaban J connectivity index is 2.45. The largest absolute Gasteiger partial charge is 0.330 e. The molecule has 0 saturated heterocycles. The SMILES string of the molecule is Cc1ccccc1-c1scnc1CCN. The van der Waals surface area contributed by atoms with Crippen LogP contribution in [0.5, 0.6) is 0 Å². The van der Waals surface area contributed by atoms with Gasteiger partial charge in [0.15, 0.2) is 0 Å². The number of nitrogens with zero attached hydrogens (tertiary/aromatic N) is 1. The zero-order chi connectivity index (χ0) is 10.7. The minimum Gasteiger partial charge on any atom is -0.330 e. The lowest BCUT2D eigenvalue weighted by Crippen LogP contribution is -2.03. The van der Waals surface area contributed by atoms with Crippen LogP contribution in [0.2, 0.25) is 0 Å². The van der Waals surface area contributed by atoms with Gasteiger partial charge in [0.1, 0.15) is 0 Å². The van der Waals surface area contributed by atoms with E-state index in [1.807, 2.05) is 5.51 Å². The van der Waals surface area contributed by atoms with E-state index in [0.29, 0.717) is 6.54 Å². The number of aromatic nitrogens is 1. The first kappa shape index (κ1) is 10.3.